The van der Waals surface area contributed by atoms with E-state index in [1.165, 1.54) is 11.3 Å². The number of nitrogens with two attached hydrogens (primary N) is 1. The third-order valence-corrected chi connectivity index (χ3v) is 2.95. The van der Waals surface area contributed by atoms with Gasteiger partial charge in [0.05, 0.1) is 0 Å². The number of likely N-dealkylation sites (N-methyl/N-ethyl adjacent to an activating group) is 1. The van der Waals surface area contributed by atoms with E-state index < -0.39 is 0 Å². The van der Waals surface area contributed by atoms with Crippen molar-refractivity contribution in [2.24, 2.45) is 5.73 Å². The van der Waals surface area contributed by atoms with E-state index in [0.29, 0.717) is 0 Å². The minimum atomic E-state index is 0.279. The first-order chi connectivity index (χ1) is 7.67. The van der Waals surface area contributed by atoms with E-state index in [0.717, 1.165) is 25.8 Å². The molecule has 0 aromatic heterocycles. The normalized spacial score (nSPS) is 12.5. The number of hydrogen-bond acceptors (Lipinski definition) is 2. The molecule has 0 saturated heterocycles. The molecule has 0 radical (unpaired) electrons. The van der Waals surface area contributed by atoms with Gasteiger partial charge in [0.1, 0.15) is 0 Å². The number of rotatable bonds is 6. The van der Waals surface area contributed by atoms with Crippen LogP contribution >= 0.6 is 0 Å². The summed E-state index contributed by atoms with van der Waals surface area (Å²) in [5, 5.41) is 0. The maximum atomic E-state index is 6.04. The van der Waals surface area contributed by atoms with E-state index in [1.807, 2.05) is 0 Å². The van der Waals surface area contributed by atoms with Gasteiger partial charge in [-0.2, -0.15) is 0 Å². The summed E-state index contributed by atoms with van der Waals surface area (Å²) in [7, 11) is 2.11. The Balaban J connectivity index is 2.55. The van der Waals surface area contributed by atoms with Crippen LogP contribution in [-0.2, 0) is 6.42 Å². The zero-order valence-corrected chi connectivity index (χ0v) is 10.7. The van der Waals surface area contributed by atoms with Crippen LogP contribution in [0, 0.1) is 0 Å². The number of benzene rings is 1. The summed E-state index contributed by atoms with van der Waals surface area (Å²) < 4.78 is 0. The zero-order chi connectivity index (χ0) is 12.0. The third kappa shape index (κ3) is 3.86. The Bertz CT molecular complexity index is 292. The van der Waals surface area contributed by atoms with Crippen LogP contribution in [0.3, 0.4) is 0 Å². The second kappa shape index (κ2) is 6.54. The van der Waals surface area contributed by atoms with E-state index in [-0.39, 0.29) is 6.04 Å². The Morgan fingerprint density at radius 3 is 2.31 bits per heavy atom. The van der Waals surface area contributed by atoms with Gasteiger partial charge in [0.15, 0.2) is 0 Å². The molecule has 2 nitrogen and oxygen atoms in total. The maximum absolute atomic E-state index is 6.04. The van der Waals surface area contributed by atoms with Crippen molar-refractivity contribution < 1.29 is 0 Å². The number of nitrogens with zero attached hydrogens (tertiary/aromatic N) is 1. The average molecular weight is 220 g/mol. The van der Waals surface area contributed by atoms with Gasteiger partial charge in [-0.05, 0) is 30.5 Å². The molecule has 0 aliphatic carbocycles. The van der Waals surface area contributed by atoms with Gasteiger partial charge in [-0.15, -0.1) is 0 Å². The van der Waals surface area contributed by atoms with Gasteiger partial charge in [-0.3, -0.25) is 0 Å². The Morgan fingerprint density at radius 2 is 1.81 bits per heavy atom. The first-order valence-corrected chi connectivity index (χ1v) is 6.23. The molecular weight excluding hydrogens is 196 g/mol. The minimum Gasteiger partial charge on any atom is -0.373 e. The van der Waals surface area contributed by atoms with Gasteiger partial charge in [0.2, 0.25) is 0 Å². The molecule has 1 aromatic carbocycles. The predicted molar refractivity (Wildman–Crippen MR) is 72.0 cm³/mol. The molecule has 0 heterocycles. The fraction of sp³-hybridized carbons (Fsp3) is 0.571. The fourth-order valence-corrected chi connectivity index (χ4v) is 1.91. The van der Waals surface area contributed by atoms with Crippen LogP contribution in [0.4, 0.5) is 5.69 Å². The van der Waals surface area contributed by atoms with Gasteiger partial charge in [-0.1, -0.05) is 32.4 Å². The Hall–Kier alpha value is -1.02. The molecule has 1 atom stereocenters. The average Bonchev–Trinajstić information content (AvgIpc) is 2.29. The molecule has 0 amide bonds. The Morgan fingerprint density at radius 1 is 1.19 bits per heavy atom. The van der Waals surface area contributed by atoms with Crippen LogP contribution < -0.4 is 10.6 Å². The molecule has 2 heteroatoms. The topological polar surface area (TPSA) is 29.3 Å². The quantitative estimate of drug-likeness (QED) is 0.798. The van der Waals surface area contributed by atoms with E-state index in [4.69, 9.17) is 5.73 Å². The molecule has 0 fully saturated rings. The molecule has 0 bridgehead atoms. The highest BCUT2D eigenvalue weighted by Crippen LogP contribution is 2.14. The van der Waals surface area contributed by atoms with Gasteiger partial charge >= 0.3 is 0 Å². The van der Waals surface area contributed by atoms with Crippen LogP contribution in [-0.4, -0.2) is 19.6 Å². The molecule has 90 valence electrons. The summed E-state index contributed by atoms with van der Waals surface area (Å²) in [4.78, 5) is 2.24. The summed E-state index contributed by atoms with van der Waals surface area (Å²) in [6.45, 7) is 5.28. The SMILES string of the molecule is CCCC(N)CN(C)c1ccc(CC)cc1. The van der Waals surface area contributed by atoms with Crippen LogP contribution in [0.15, 0.2) is 24.3 Å². The fourth-order valence-electron chi connectivity index (χ4n) is 1.91. The standard InChI is InChI=1S/C14H24N2/c1-4-6-13(15)11-16(3)14-9-7-12(5-2)8-10-14/h7-10,13H,4-6,11,15H2,1-3H3. The molecule has 0 spiro atoms. The van der Waals surface area contributed by atoms with Crippen molar-refractivity contribution in [2.75, 3.05) is 18.5 Å². The van der Waals surface area contributed by atoms with Gasteiger partial charge in [0.25, 0.3) is 0 Å². The van der Waals surface area contributed by atoms with Crippen LogP contribution in [0.5, 0.6) is 0 Å². The second-order valence-corrected chi connectivity index (χ2v) is 4.45. The number of aryl methyl sites for hydroxylation is 1. The lowest BCUT2D eigenvalue weighted by Gasteiger charge is -2.23. The summed E-state index contributed by atoms with van der Waals surface area (Å²) >= 11 is 0. The summed E-state index contributed by atoms with van der Waals surface area (Å²) in [5.41, 5.74) is 8.67. The second-order valence-electron chi connectivity index (χ2n) is 4.45. The highest BCUT2D eigenvalue weighted by Gasteiger charge is 2.06. The van der Waals surface area contributed by atoms with E-state index in [9.17, 15) is 0 Å². The molecule has 16 heavy (non-hydrogen) atoms. The molecule has 1 rings (SSSR count). The maximum Gasteiger partial charge on any atom is 0.0364 e. The Labute approximate surface area is 99.5 Å². The summed E-state index contributed by atoms with van der Waals surface area (Å²) in [6, 6.07) is 9.02. The van der Waals surface area contributed by atoms with Crippen molar-refractivity contribution in [1.82, 2.24) is 0 Å². The molecular formula is C14H24N2. The largest absolute Gasteiger partial charge is 0.373 e. The first-order valence-electron chi connectivity index (χ1n) is 6.23. The lowest BCUT2D eigenvalue weighted by molar-refractivity contribution is 0.597. The van der Waals surface area contributed by atoms with E-state index >= 15 is 0 Å². The predicted octanol–water partition coefficient (Wildman–Crippen LogP) is 2.81. The summed E-state index contributed by atoms with van der Waals surface area (Å²) in [5.74, 6) is 0. The summed E-state index contributed by atoms with van der Waals surface area (Å²) in [6.07, 6.45) is 3.35. The molecule has 2 N–H and O–H groups in total. The highest BCUT2D eigenvalue weighted by atomic mass is 15.1. The smallest absolute Gasteiger partial charge is 0.0364 e. The third-order valence-electron chi connectivity index (χ3n) is 2.95. The number of hydrogen-bond donors (Lipinski definition) is 1. The number of anilines is 1. The van der Waals surface area contributed by atoms with Gasteiger partial charge in [0, 0.05) is 25.3 Å². The molecule has 0 aliphatic heterocycles. The molecule has 0 saturated carbocycles. The highest BCUT2D eigenvalue weighted by molar-refractivity contribution is 5.47. The van der Waals surface area contributed by atoms with E-state index in [2.05, 4.69) is 50.1 Å². The Kier molecular flexibility index (Phi) is 5.33. The minimum absolute atomic E-state index is 0.279. The molecule has 1 aromatic rings. The lowest BCUT2D eigenvalue weighted by atomic mass is 10.1. The monoisotopic (exact) mass is 220 g/mol. The first kappa shape index (κ1) is 13.0. The van der Waals surface area contributed by atoms with Gasteiger partial charge < -0.3 is 10.6 Å². The van der Waals surface area contributed by atoms with Crippen LogP contribution in [0.25, 0.3) is 0 Å². The van der Waals surface area contributed by atoms with E-state index in [1.54, 1.807) is 0 Å². The van der Waals surface area contributed by atoms with Crippen molar-refractivity contribution in [3.63, 3.8) is 0 Å². The molecule has 0 aliphatic rings. The van der Waals surface area contributed by atoms with Crippen molar-refractivity contribution in [1.29, 1.82) is 0 Å². The van der Waals surface area contributed by atoms with Crippen molar-refractivity contribution in [2.45, 2.75) is 39.2 Å². The van der Waals surface area contributed by atoms with Crippen molar-refractivity contribution in [3.8, 4) is 0 Å². The van der Waals surface area contributed by atoms with Crippen LogP contribution in [0.1, 0.15) is 32.3 Å². The van der Waals surface area contributed by atoms with Crippen LogP contribution in [0.2, 0.25) is 0 Å². The molecule has 1 unspecified atom stereocenters. The lowest BCUT2D eigenvalue weighted by Crippen LogP contribution is -2.35. The van der Waals surface area contributed by atoms with Crippen molar-refractivity contribution >= 4 is 5.69 Å². The van der Waals surface area contributed by atoms with Crippen molar-refractivity contribution in [3.05, 3.63) is 29.8 Å². The van der Waals surface area contributed by atoms with Gasteiger partial charge in [-0.25, -0.2) is 0 Å². The zero-order valence-electron chi connectivity index (χ0n) is 10.7.